The van der Waals surface area contributed by atoms with Gasteiger partial charge in [-0.3, -0.25) is 4.98 Å². The zero-order valence-corrected chi connectivity index (χ0v) is 19.6. The Labute approximate surface area is 209 Å². The molecule has 0 aliphatic heterocycles. The summed E-state index contributed by atoms with van der Waals surface area (Å²) in [5, 5.41) is 7.69. The highest BCUT2D eigenvalue weighted by molar-refractivity contribution is 6.20. The molecular weight excluding hydrogens is 436 g/mol. The second-order valence-corrected chi connectivity index (χ2v) is 9.07. The van der Waals surface area contributed by atoms with Crippen molar-refractivity contribution in [1.82, 2.24) is 9.97 Å². The van der Waals surface area contributed by atoms with Crippen LogP contribution in [0.25, 0.3) is 66.0 Å². The van der Waals surface area contributed by atoms with E-state index in [4.69, 9.17) is 4.98 Å². The molecule has 0 radical (unpaired) electrons. The van der Waals surface area contributed by atoms with Crippen molar-refractivity contribution in [1.29, 1.82) is 0 Å². The zero-order valence-electron chi connectivity index (χ0n) is 19.6. The van der Waals surface area contributed by atoms with Crippen molar-refractivity contribution in [3.05, 3.63) is 134 Å². The molecule has 168 valence electrons. The van der Waals surface area contributed by atoms with Crippen LogP contribution in [0, 0.1) is 0 Å². The number of hydrogen-bond donors (Lipinski definition) is 0. The van der Waals surface area contributed by atoms with Crippen molar-refractivity contribution in [2.24, 2.45) is 0 Å². The van der Waals surface area contributed by atoms with E-state index in [-0.39, 0.29) is 0 Å². The quantitative estimate of drug-likeness (QED) is 0.247. The first-order valence-electron chi connectivity index (χ1n) is 12.2. The van der Waals surface area contributed by atoms with E-state index in [0.717, 1.165) is 22.5 Å². The van der Waals surface area contributed by atoms with Crippen LogP contribution in [0.4, 0.5) is 0 Å². The molecule has 0 aliphatic carbocycles. The Morgan fingerprint density at radius 2 is 1.00 bits per heavy atom. The van der Waals surface area contributed by atoms with Crippen molar-refractivity contribution >= 4 is 32.3 Å². The van der Waals surface area contributed by atoms with E-state index in [2.05, 4.69) is 108 Å². The van der Waals surface area contributed by atoms with E-state index in [1.54, 1.807) is 12.4 Å². The number of nitrogens with zero attached hydrogens (tertiary/aromatic N) is 2. The molecular formula is C34H22N2. The average Bonchev–Trinajstić information content (AvgIpc) is 2.97. The van der Waals surface area contributed by atoms with Gasteiger partial charge in [0.2, 0.25) is 0 Å². The second kappa shape index (κ2) is 8.44. The van der Waals surface area contributed by atoms with Crippen LogP contribution < -0.4 is 0 Å². The first kappa shape index (κ1) is 20.5. The molecule has 2 heteroatoms. The van der Waals surface area contributed by atoms with Crippen molar-refractivity contribution < 1.29 is 0 Å². The maximum Gasteiger partial charge on any atom is 0.0710 e. The van der Waals surface area contributed by atoms with Gasteiger partial charge in [0.05, 0.1) is 11.4 Å². The third-order valence-electron chi connectivity index (χ3n) is 6.98. The summed E-state index contributed by atoms with van der Waals surface area (Å²) >= 11 is 0. The molecule has 0 atom stereocenters. The molecule has 2 heterocycles. The molecule has 0 unspecified atom stereocenters. The van der Waals surface area contributed by atoms with Gasteiger partial charge < -0.3 is 0 Å². The Kier molecular flexibility index (Phi) is 4.82. The van der Waals surface area contributed by atoms with Crippen molar-refractivity contribution in [3.8, 4) is 33.6 Å². The first-order chi connectivity index (χ1) is 17.8. The number of hydrogen-bond acceptors (Lipinski definition) is 2. The zero-order chi connectivity index (χ0) is 23.9. The molecule has 2 nitrogen and oxygen atoms in total. The van der Waals surface area contributed by atoms with E-state index in [1.807, 2.05) is 18.2 Å². The molecule has 36 heavy (non-hydrogen) atoms. The van der Waals surface area contributed by atoms with E-state index < -0.39 is 0 Å². The predicted molar refractivity (Wildman–Crippen MR) is 151 cm³/mol. The average molecular weight is 459 g/mol. The highest BCUT2D eigenvalue weighted by Crippen LogP contribution is 2.38. The summed E-state index contributed by atoms with van der Waals surface area (Å²) in [5.74, 6) is 0. The minimum absolute atomic E-state index is 0.950. The van der Waals surface area contributed by atoms with Gasteiger partial charge in [-0.05, 0) is 73.8 Å². The SMILES string of the molecule is c1cc(-c2ccncc2)nc(-c2ccc(-c3cc4c5ccccc5ccc4c4ccccc34)cc2)c1. The number of pyridine rings is 2. The molecule has 0 amide bonds. The van der Waals surface area contributed by atoms with Crippen molar-refractivity contribution in [2.45, 2.75) is 0 Å². The van der Waals surface area contributed by atoms with Crippen LogP contribution in [0.2, 0.25) is 0 Å². The topological polar surface area (TPSA) is 25.8 Å². The highest BCUT2D eigenvalue weighted by Gasteiger charge is 2.11. The summed E-state index contributed by atoms with van der Waals surface area (Å²) in [7, 11) is 0. The second-order valence-electron chi connectivity index (χ2n) is 9.07. The predicted octanol–water partition coefficient (Wildman–Crippen LogP) is 8.94. The van der Waals surface area contributed by atoms with E-state index in [0.29, 0.717) is 0 Å². The smallest absolute Gasteiger partial charge is 0.0710 e. The third-order valence-corrected chi connectivity index (χ3v) is 6.98. The number of rotatable bonds is 3. The van der Waals surface area contributed by atoms with Crippen molar-refractivity contribution in [3.63, 3.8) is 0 Å². The number of aromatic nitrogens is 2. The molecule has 7 aromatic rings. The Morgan fingerprint density at radius 3 is 1.78 bits per heavy atom. The Morgan fingerprint density at radius 1 is 0.389 bits per heavy atom. The Bertz CT molecular complexity index is 1870. The largest absolute Gasteiger partial charge is 0.265 e. The minimum Gasteiger partial charge on any atom is -0.265 e. The molecule has 0 aliphatic rings. The fraction of sp³-hybridized carbons (Fsp3) is 0. The van der Waals surface area contributed by atoms with Gasteiger partial charge in [-0.25, -0.2) is 4.98 Å². The molecule has 7 rings (SSSR count). The molecule has 0 N–H and O–H groups in total. The van der Waals surface area contributed by atoms with Crippen LogP contribution in [0.5, 0.6) is 0 Å². The highest BCUT2D eigenvalue weighted by atomic mass is 14.7. The summed E-state index contributed by atoms with van der Waals surface area (Å²) in [6.45, 7) is 0. The van der Waals surface area contributed by atoms with E-state index >= 15 is 0 Å². The van der Waals surface area contributed by atoms with Crippen LogP contribution in [-0.4, -0.2) is 9.97 Å². The molecule has 0 saturated heterocycles. The van der Waals surface area contributed by atoms with E-state index in [9.17, 15) is 0 Å². The molecule has 5 aromatic carbocycles. The van der Waals surface area contributed by atoms with Crippen LogP contribution in [-0.2, 0) is 0 Å². The third kappa shape index (κ3) is 3.43. The minimum atomic E-state index is 0.950. The maximum absolute atomic E-state index is 4.91. The number of benzene rings is 5. The molecule has 0 spiro atoms. The maximum atomic E-state index is 4.91. The van der Waals surface area contributed by atoms with Crippen LogP contribution in [0.3, 0.4) is 0 Å². The molecule has 2 aromatic heterocycles. The number of fused-ring (bicyclic) bond motifs is 5. The molecule has 0 fully saturated rings. The fourth-order valence-corrected chi connectivity index (χ4v) is 5.20. The van der Waals surface area contributed by atoms with Gasteiger partial charge in [0.1, 0.15) is 0 Å². The van der Waals surface area contributed by atoms with Gasteiger partial charge >= 0.3 is 0 Å². The van der Waals surface area contributed by atoms with Crippen LogP contribution in [0.1, 0.15) is 0 Å². The standard InChI is InChI=1S/C34H22N2/c1-2-7-27-23(6-1)16-17-30-28-8-3-4-9-29(28)31(22-32(27)30)24-12-14-25(15-13-24)33-10-5-11-34(36-33)26-18-20-35-21-19-26/h1-22H. The molecule has 0 bridgehead atoms. The van der Waals surface area contributed by atoms with Gasteiger partial charge in [-0.1, -0.05) is 91.0 Å². The summed E-state index contributed by atoms with van der Waals surface area (Å²) in [6.07, 6.45) is 3.60. The summed E-state index contributed by atoms with van der Waals surface area (Å²) < 4.78 is 0. The van der Waals surface area contributed by atoms with Crippen molar-refractivity contribution in [2.75, 3.05) is 0 Å². The van der Waals surface area contributed by atoms with E-state index in [1.165, 1.54) is 43.4 Å². The monoisotopic (exact) mass is 458 g/mol. The molecule has 0 saturated carbocycles. The fourth-order valence-electron chi connectivity index (χ4n) is 5.20. The van der Waals surface area contributed by atoms with Gasteiger partial charge in [-0.15, -0.1) is 0 Å². The lowest BCUT2D eigenvalue weighted by Crippen LogP contribution is -1.89. The van der Waals surface area contributed by atoms with Gasteiger partial charge in [0.25, 0.3) is 0 Å². The van der Waals surface area contributed by atoms with Gasteiger partial charge in [0.15, 0.2) is 0 Å². The lowest BCUT2D eigenvalue weighted by atomic mass is 9.90. The van der Waals surface area contributed by atoms with Gasteiger partial charge in [0, 0.05) is 23.5 Å². The first-order valence-corrected chi connectivity index (χ1v) is 12.2. The van der Waals surface area contributed by atoms with Gasteiger partial charge in [-0.2, -0.15) is 0 Å². The lowest BCUT2D eigenvalue weighted by molar-refractivity contribution is 1.29. The van der Waals surface area contributed by atoms with Crippen LogP contribution >= 0.6 is 0 Å². The lowest BCUT2D eigenvalue weighted by Gasteiger charge is -2.13. The summed E-state index contributed by atoms with van der Waals surface area (Å²) in [6, 6.07) is 43.1. The Balaban J connectivity index is 1.37. The summed E-state index contributed by atoms with van der Waals surface area (Å²) in [5.41, 5.74) is 6.54. The normalized spacial score (nSPS) is 11.3. The Hall–Kier alpha value is -4.82. The van der Waals surface area contributed by atoms with Crippen LogP contribution in [0.15, 0.2) is 134 Å². The summed E-state index contributed by atoms with van der Waals surface area (Å²) in [4.78, 5) is 9.03.